The highest BCUT2D eigenvalue weighted by molar-refractivity contribution is 5.93. The van der Waals surface area contributed by atoms with E-state index in [2.05, 4.69) is 23.8 Å². The van der Waals surface area contributed by atoms with Crippen LogP contribution in [0.2, 0.25) is 0 Å². The lowest BCUT2D eigenvalue weighted by atomic mass is 10.2. The summed E-state index contributed by atoms with van der Waals surface area (Å²) in [5.41, 5.74) is 4.28. The SMILES string of the molecule is Cc1[nH]c2nc(-c3ccccc3)nc(N(C)C)c2c1C. The van der Waals surface area contributed by atoms with Gasteiger partial charge in [-0.2, -0.15) is 0 Å². The Bertz CT molecular complexity index is 757. The van der Waals surface area contributed by atoms with E-state index in [0.29, 0.717) is 0 Å². The monoisotopic (exact) mass is 266 g/mol. The Labute approximate surface area is 118 Å². The first-order chi connectivity index (χ1) is 9.58. The van der Waals surface area contributed by atoms with Gasteiger partial charge in [0.05, 0.1) is 5.39 Å². The fourth-order valence-electron chi connectivity index (χ4n) is 2.38. The summed E-state index contributed by atoms with van der Waals surface area (Å²) in [5.74, 6) is 1.71. The number of hydrogen-bond acceptors (Lipinski definition) is 3. The molecule has 0 amide bonds. The second-order valence-corrected chi connectivity index (χ2v) is 5.23. The molecule has 4 nitrogen and oxygen atoms in total. The van der Waals surface area contributed by atoms with E-state index in [4.69, 9.17) is 4.98 Å². The highest BCUT2D eigenvalue weighted by Gasteiger charge is 2.15. The van der Waals surface area contributed by atoms with Gasteiger partial charge in [0.1, 0.15) is 11.5 Å². The molecule has 0 saturated heterocycles. The van der Waals surface area contributed by atoms with E-state index in [1.165, 1.54) is 5.56 Å². The van der Waals surface area contributed by atoms with Gasteiger partial charge in [-0.05, 0) is 19.4 Å². The van der Waals surface area contributed by atoms with Crippen LogP contribution in [0.15, 0.2) is 30.3 Å². The van der Waals surface area contributed by atoms with Crippen molar-refractivity contribution in [1.82, 2.24) is 15.0 Å². The van der Waals surface area contributed by atoms with Crippen molar-refractivity contribution in [2.45, 2.75) is 13.8 Å². The minimum absolute atomic E-state index is 0.753. The predicted molar refractivity (Wildman–Crippen MR) is 83.1 cm³/mol. The van der Waals surface area contributed by atoms with Crippen LogP contribution in [0.4, 0.5) is 5.82 Å². The van der Waals surface area contributed by atoms with Gasteiger partial charge in [0.2, 0.25) is 0 Å². The molecule has 0 bridgehead atoms. The largest absolute Gasteiger partial charge is 0.362 e. The Balaban J connectivity index is 2.32. The van der Waals surface area contributed by atoms with Gasteiger partial charge < -0.3 is 9.88 Å². The Morgan fingerprint density at radius 3 is 2.35 bits per heavy atom. The molecule has 0 atom stereocenters. The van der Waals surface area contributed by atoms with Crippen molar-refractivity contribution in [3.05, 3.63) is 41.6 Å². The van der Waals surface area contributed by atoms with Crippen LogP contribution in [0.5, 0.6) is 0 Å². The first-order valence-corrected chi connectivity index (χ1v) is 6.67. The van der Waals surface area contributed by atoms with Gasteiger partial charge in [0, 0.05) is 25.4 Å². The Morgan fingerprint density at radius 2 is 1.70 bits per heavy atom. The quantitative estimate of drug-likeness (QED) is 0.774. The summed E-state index contributed by atoms with van der Waals surface area (Å²) >= 11 is 0. The van der Waals surface area contributed by atoms with E-state index in [0.717, 1.165) is 33.9 Å². The maximum atomic E-state index is 4.74. The van der Waals surface area contributed by atoms with Gasteiger partial charge >= 0.3 is 0 Å². The smallest absolute Gasteiger partial charge is 0.163 e. The predicted octanol–water partition coefficient (Wildman–Crippen LogP) is 3.31. The molecule has 2 heterocycles. The van der Waals surface area contributed by atoms with Gasteiger partial charge in [-0.15, -0.1) is 0 Å². The molecule has 0 fully saturated rings. The van der Waals surface area contributed by atoms with E-state index in [1.807, 2.05) is 49.3 Å². The topological polar surface area (TPSA) is 44.8 Å². The van der Waals surface area contributed by atoms with E-state index in [1.54, 1.807) is 0 Å². The molecule has 0 aliphatic heterocycles. The summed E-state index contributed by atoms with van der Waals surface area (Å²) in [6.45, 7) is 4.17. The number of rotatable bonds is 2. The van der Waals surface area contributed by atoms with E-state index in [9.17, 15) is 0 Å². The van der Waals surface area contributed by atoms with Crippen LogP contribution >= 0.6 is 0 Å². The molecule has 3 rings (SSSR count). The third kappa shape index (κ3) is 1.93. The second-order valence-electron chi connectivity index (χ2n) is 5.23. The molecule has 1 N–H and O–H groups in total. The summed E-state index contributed by atoms with van der Waals surface area (Å²) in [5, 5.41) is 1.10. The van der Waals surface area contributed by atoms with Crippen molar-refractivity contribution >= 4 is 16.9 Å². The summed E-state index contributed by atoms with van der Waals surface area (Å²) < 4.78 is 0. The number of H-pyrrole nitrogens is 1. The van der Waals surface area contributed by atoms with Crippen molar-refractivity contribution in [2.24, 2.45) is 0 Å². The maximum absolute atomic E-state index is 4.74. The summed E-state index contributed by atoms with van der Waals surface area (Å²) in [6.07, 6.45) is 0. The first-order valence-electron chi connectivity index (χ1n) is 6.67. The zero-order chi connectivity index (χ0) is 14.3. The zero-order valence-electron chi connectivity index (χ0n) is 12.2. The van der Waals surface area contributed by atoms with Crippen molar-refractivity contribution in [1.29, 1.82) is 0 Å². The highest BCUT2D eigenvalue weighted by Crippen LogP contribution is 2.30. The van der Waals surface area contributed by atoms with Gasteiger partial charge in [-0.1, -0.05) is 30.3 Å². The molecule has 0 saturated carbocycles. The normalized spacial score (nSPS) is 11.0. The number of aryl methyl sites for hydroxylation is 2. The molecule has 2 aromatic heterocycles. The van der Waals surface area contributed by atoms with Crippen LogP contribution in [-0.2, 0) is 0 Å². The molecule has 0 unspecified atom stereocenters. The lowest BCUT2D eigenvalue weighted by Crippen LogP contribution is -2.12. The number of fused-ring (bicyclic) bond motifs is 1. The molecule has 102 valence electrons. The van der Waals surface area contributed by atoms with Gasteiger partial charge in [0.15, 0.2) is 5.82 Å². The summed E-state index contributed by atoms with van der Waals surface area (Å²) in [4.78, 5) is 14.8. The third-order valence-corrected chi connectivity index (χ3v) is 3.59. The molecule has 1 aromatic carbocycles. The number of aromatic nitrogens is 3. The maximum Gasteiger partial charge on any atom is 0.163 e. The minimum atomic E-state index is 0.753. The third-order valence-electron chi connectivity index (χ3n) is 3.59. The lowest BCUT2D eigenvalue weighted by molar-refractivity contribution is 1.06. The van der Waals surface area contributed by atoms with Crippen LogP contribution in [0.1, 0.15) is 11.3 Å². The van der Waals surface area contributed by atoms with Gasteiger partial charge in [0.25, 0.3) is 0 Å². The standard InChI is InChI=1S/C16H18N4/c1-10-11(2)17-15-13(10)16(20(3)4)19-14(18-15)12-8-6-5-7-9-12/h5-9H,1-4H3,(H,17,18,19). The average Bonchev–Trinajstić information content (AvgIpc) is 2.74. The Hall–Kier alpha value is -2.36. The molecule has 0 radical (unpaired) electrons. The van der Waals surface area contributed by atoms with Gasteiger partial charge in [-0.3, -0.25) is 0 Å². The van der Waals surface area contributed by atoms with Crippen molar-refractivity contribution < 1.29 is 0 Å². The van der Waals surface area contributed by atoms with E-state index < -0.39 is 0 Å². The fraction of sp³-hybridized carbons (Fsp3) is 0.250. The molecule has 3 aromatic rings. The second kappa shape index (κ2) is 4.63. The lowest BCUT2D eigenvalue weighted by Gasteiger charge is -2.14. The first kappa shape index (κ1) is 12.7. The van der Waals surface area contributed by atoms with Crippen molar-refractivity contribution in [3.8, 4) is 11.4 Å². The summed E-state index contributed by atoms with van der Waals surface area (Å²) in [7, 11) is 4.02. The molecule has 4 heteroatoms. The highest BCUT2D eigenvalue weighted by atomic mass is 15.2. The number of aromatic amines is 1. The Kier molecular flexibility index (Phi) is 2.93. The Morgan fingerprint density at radius 1 is 1.00 bits per heavy atom. The molecule has 0 aliphatic carbocycles. The van der Waals surface area contributed by atoms with Gasteiger partial charge in [-0.25, -0.2) is 9.97 Å². The number of nitrogens with one attached hydrogen (secondary N) is 1. The molecule has 20 heavy (non-hydrogen) atoms. The minimum Gasteiger partial charge on any atom is -0.362 e. The van der Waals surface area contributed by atoms with E-state index >= 15 is 0 Å². The van der Waals surface area contributed by atoms with Crippen molar-refractivity contribution in [2.75, 3.05) is 19.0 Å². The number of anilines is 1. The number of benzene rings is 1. The molecule has 0 spiro atoms. The zero-order valence-corrected chi connectivity index (χ0v) is 12.2. The molecule has 0 aliphatic rings. The van der Waals surface area contributed by atoms with Crippen LogP contribution < -0.4 is 4.90 Å². The average molecular weight is 266 g/mol. The number of hydrogen-bond donors (Lipinski definition) is 1. The fourth-order valence-corrected chi connectivity index (χ4v) is 2.38. The van der Waals surface area contributed by atoms with Crippen LogP contribution in [0, 0.1) is 13.8 Å². The van der Waals surface area contributed by atoms with Crippen LogP contribution in [0.25, 0.3) is 22.4 Å². The van der Waals surface area contributed by atoms with E-state index in [-0.39, 0.29) is 0 Å². The molecular weight excluding hydrogens is 248 g/mol. The van der Waals surface area contributed by atoms with Crippen molar-refractivity contribution in [3.63, 3.8) is 0 Å². The number of nitrogens with zero attached hydrogens (tertiary/aromatic N) is 3. The van der Waals surface area contributed by atoms with Crippen LogP contribution in [0.3, 0.4) is 0 Å². The summed E-state index contributed by atoms with van der Waals surface area (Å²) in [6, 6.07) is 10.1. The van der Waals surface area contributed by atoms with Crippen LogP contribution in [-0.4, -0.2) is 29.0 Å². The molecular formula is C16H18N4.